The molecule has 5 rings (SSSR count). The molecular weight excluding hydrogens is 430 g/mol. The van der Waals surface area contributed by atoms with Gasteiger partial charge in [0.1, 0.15) is 11.8 Å². The van der Waals surface area contributed by atoms with Crippen molar-refractivity contribution in [2.45, 2.75) is 17.4 Å². The minimum absolute atomic E-state index is 0.0809. The number of fused-ring (bicyclic) bond motifs is 1. The van der Waals surface area contributed by atoms with Gasteiger partial charge < -0.3 is 4.42 Å². The Bertz CT molecular complexity index is 1440. The average Bonchev–Trinajstić information content (AvgIpc) is 3.49. The second kappa shape index (κ2) is 7.61. The molecule has 9 heteroatoms. The van der Waals surface area contributed by atoms with Crippen molar-refractivity contribution in [3.05, 3.63) is 107 Å². The molecule has 1 unspecified atom stereocenters. The van der Waals surface area contributed by atoms with Crippen molar-refractivity contribution in [3.63, 3.8) is 0 Å². The van der Waals surface area contributed by atoms with Crippen LogP contribution in [-0.2, 0) is 10.0 Å². The molecule has 0 aliphatic carbocycles. The summed E-state index contributed by atoms with van der Waals surface area (Å²) in [5, 5.41) is 17.5. The molecule has 0 fully saturated rings. The van der Waals surface area contributed by atoms with E-state index in [1.807, 2.05) is 42.5 Å². The maximum atomic E-state index is 13.5. The Morgan fingerprint density at radius 3 is 2.44 bits per heavy atom. The van der Waals surface area contributed by atoms with E-state index in [2.05, 4.69) is 5.10 Å². The predicted octanol–water partition coefficient (Wildman–Crippen LogP) is 4.88. The summed E-state index contributed by atoms with van der Waals surface area (Å²) in [7, 11) is -4.09. The number of sulfonamides is 1. The summed E-state index contributed by atoms with van der Waals surface area (Å²) in [6.07, 6.45) is 1.82. The van der Waals surface area contributed by atoms with Crippen molar-refractivity contribution < 1.29 is 17.8 Å². The van der Waals surface area contributed by atoms with Crippen molar-refractivity contribution in [2.24, 2.45) is 5.10 Å². The molecule has 160 valence electrons. The van der Waals surface area contributed by atoms with E-state index < -0.39 is 21.0 Å². The van der Waals surface area contributed by atoms with E-state index in [1.165, 1.54) is 30.5 Å². The molecule has 0 amide bonds. The van der Waals surface area contributed by atoms with Gasteiger partial charge in [0, 0.05) is 24.1 Å². The number of furan rings is 1. The third-order valence-corrected chi connectivity index (χ3v) is 7.13. The fourth-order valence-electron chi connectivity index (χ4n) is 3.89. The first-order valence-electron chi connectivity index (χ1n) is 9.83. The number of hydrogen-bond donors (Lipinski definition) is 0. The largest absolute Gasteiger partial charge is 0.467 e. The SMILES string of the molecule is O=[N+]([O-])c1ccc(S(=O)(=O)N2N=C(c3cccc4ccccc34)CC2c2ccco2)cc1. The minimum atomic E-state index is -4.09. The molecule has 2 heterocycles. The number of nitrogens with zero attached hydrogens (tertiary/aromatic N) is 3. The van der Waals surface area contributed by atoms with Gasteiger partial charge in [-0.15, -0.1) is 0 Å². The first kappa shape index (κ1) is 20.0. The molecule has 32 heavy (non-hydrogen) atoms. The normalized spacial score (nSPS) is 16.3. The van der Waals surface area contributed by atoms with Crippen molar-refractivity contribution in [1.82, 2.24) is 4.41 Å². The van der Waals surface area contributed by atoms with Gasteiger partial charge in [-0.1, -0.05) is 42.5 Å². The lowest BCUT2D eigenvalue weighted by Gasteiger charge is -2.21. The highest BCUT2D eigenvalue weighted by Gasteiger charge is 2.39. The van der Waals surface area contributed by atoms with E-state index in [0.29, 0.717) is 17.9 Å². The Labute approximate surface area is 183 Å². The quantitative estimate of drug-likeness (QED) is 0.320. The first-order valence-corrected chi connectivity index (χ1v) is 11.3. The topological polar surface area (TPSA) is 106 Å². The zero-order valence-corrected chi connectivity index (χ0v) is 17.5. The van der Waals surface area contributed by atoms with E-state index in [-0.39, 0.29) is 10.6 Å². The van der Waals surface area contributed by atoms with Crippen LogP contribution < -0.4 is 0 Å². The van der Waals surface area contributed by atoms with Crippen molar-refractivity contribution in [2.75, 3.05) is 0 Å². The fourth-order valence-corrected chi connectivity index (χ4v) is 5.31. The third kappa shape index (κ3) is 3.32. The Kier molecular flexibility index (Phi) is 4.75. The van der Waals surface area contributed by atoms with Gasteiger partial charge in [-0.3, -0.25) is 10.1 Å². The van der Waals surface area contributed by atoms with Gasteiger partial charge in [-0.05, 0) is 35.0 Å². The standard InChI is InChI=1S/C23H17N3O5S/c27-26(28)17-10-12-18(13-11-17)32(29,30)25-22(23-9-4-14-31-23)15-21(24-25)20-8-3-6-16-5-1-2-7-19(16)20/h1-14,22H,15H2. The van der Waals surface area contributed by atoms with E-state index in [1.54, 1.807) is 12.1 Å². The van der Waals surface area contributed by atoms with Crippen molar-refractivity contribution >= 4 is 32.2 Å². The second-order valence-electron chi connectivity index (χ2n) is 7.34. The summed E-state index contributed by atoms with van der Waals surface area (Å²) in [6, 6.07) is 21.2. The van der Waals surface area contributed by atoms with Crippen molar-refractivity contribution in [3.8, 4) is 0 Å². The fraction of sp³-hybridized carbons (Fsp3) is 0.0870. The summed E-state index contributed by atoms with van der Waals surface area (Å²) in [5.41, 5.74) is 1.28. The van der Waals surface area contributed by atoms with E-state index >= 15 is 0 Å². The zero-order chi connectivity index (χ0) is 22.3. The van der Waals surface area contributed by atoms with E-state index in [0.717, 1.165) is 20.8 Å². The van der Waals surface area contributed by atoms with Crippen LogP contribution in [0.25, 0.3) is 10.8 Å². The van der Waals surface area contributed by atoms with Crippen LogP contribution in [0.5, 0.6) is 0 Å². The summed E-state index contributed by atoms with van der Waals surface area (Å²) >= 11 is 0. The van der Waals surface area contributed by atoms with Gasteiger partial charge in [-0.25, -0.2) is 0 Å². The Hall–Kier alpha value is -3.98. The van der Waals surface area contributed by atoms with Crippen LogP contribution in [0.2, 0.25) is 0 Å². The van der Waals surface area contributed by atoms with Crippen LogP contribution >= 0.6 is 0 Å². The minimum Gasteiger partial charge on any atom is -0.467 e. The Morgan fingerprint density at radius 1 is 0.969 bits per heavy atom. The molecule has 0 saturated carbocycles. The van der Waals surface area contributed by atoms with Crippen LogP contribution in [0, 0.1) is 10.1 Å². The molecule has 0 saturated heterocycles. The first-order chi connectivity index (χ1) is 15.4. The molecule has 1 aliphatic heterocycles. The van der Waals surface area contributed by atoms with Gasteiger partial charge >= 0.3 is 0 Å². The number of benzene rings is 3. The lowest BCUT2D eigenvalue weighted by atomic mass is 9.97. The maximum absolute atomic E-state index is 13.5. The highest BCUT2D eigenvalue weighted by atomic mass is 32.2. The highest BCUT2D eigenvalue weighted by Crippen LogP contribution is 2.38. The van der Waals surface area contributed by atoms with E-state index in [4.69, 9.17) is 4.42 Å². The predicted molar refractivity (Wildman–Crippen MR) is 119 cm³/mol. The molecule has 1 atom stereocenters. The van der Waals surface area contributed by atoms with Gasteiger partial charge in [0.05, 0.1) is 21.8 Å². The van der Waals surface area contributed by atoms with Crippen molar-refractivity contribution in [1.29, 1.82) is 0 Å². The van der Waals surface area contributed by atoms with Gasteiger partial charge in [-0.2, -0.15) is 17.9 Å². The third-order valence-electron chi connectivity index (χ3n) is 5.44. The Balaban J connectivity index is 1.62. The molecule has 1 aromatic heterocycles. The van der Waals surface area contributed by atoms with Crippen LogP contribution in [0.3, 0.4) is 0 Å². The van der Waals surface area contributed by atoms with Crippen LogP contribution in [0.15, 0.2) is 99.5 Å². The van der Waals surface area contributed by atoms with E-state index in [9.17, 15) is 18.5 Å². The number of nitro groups is 1. The van der Waals surface area contributed by atoms with Gasteiger partial charge in [0.15, 0.2) is 0 Å². The molecule has 0 N–H and O–H groups in total. The number of hydrogen-bond acceptors (Lipinski definition) is 6. The average molecular weight is 447 g/mol. The molecule has 0 radical (unpaired) electrons. The van der Waals surface area contributed by atoms with Gasteiger partial charge in [0.25, 0.3) is 15.7 Å². The lowest BCUT2D eigenvalue weighted by molar-refractivity contribution is -0.384. The van der Waals surface area contributed by atoms with Crippen LogP contribution in [0.1, 0.15) is 23.8 Å². The second-order valence-corrected chi connectivity index (χ2v) is 9.13. The Morgan fingerprint density at radius 2 is 1.72 bits per heavy atom. The summed E-state index contributed by atoms with van der Waals surface area (Å²) in [4.78, 5) is 10.3. The zero-order valence-electron chi connectivity index (χ0n) is 16.7. The monoisotopic (exact) mass is 447 g/mol. The number of rotatable bonds is 5. The summed E-state index contributed by atoms with van der Waals surface area (Å²) in [5.74, 6) is 0.467. The highest BCUT2D eigenvalue weighted by molar-refractivity contribution is 7.89. The molecule has 4 aromatic rings. The maximum Gasteiger partial charge on any atom is 0.279 e. The summed E-state index contributed by atoms with van der Waals surface area (Å²) in [6.45, 7) is 0. The molecule has 8 nitrogen and oxygen atoms in total. The molecule has 3 aromatic carbocycles. The summed E-state index contributed by atoms with van der Waals surface area (Å²) < 4.78 is 33.5. The molecular formula is C23H17N3O5S. The lowest BCUT2D eigenvalue weighted by Crippen LogP contribution is -2.27. The number of nitro benzene ring substituents is 1. The van der Waals surface area contributed by atoms with Crippen LogP contribution in [0.4, 0.5) is 5.69 Å². The van der Waals surface area contributed by atoms with Crippen LogP contribution in [-0.4, -0.2) is 23.5 Å². The smallest absolute Gasteiger partial charge is 0.279 e. The number of hydrazone groups is 1. The number of non-ortho nitro benzene ring substituents is 1. The molecule has 0 bridgehead atoms. The molecule has 1 aliphatic rings. The van der Waals surface area contributed by atoms with Gasteiger partial charge in [0.2, 0.25) is 0 Å². The molecule has 0 spiro atoms.